The van der Waals surface area contributed by atoms with E-state index in [1.165, 1.54) is 51.4 Å². The predicted octanol–water partition coefficient (Wildman–Crippen LogP) is 3.89. The molecule has 0 aromatic rings. The Morgan fingerprint density at radius 1 is 1.22 bits per heavy atom. The van der Waals surface area contributed by atoms with Gasteiger partial charge in [0, 0.05) is 6.04 Å². The van der Waals surface area contributed by atoms with Crippen LogP contribution in [0.2, 0.25) is 0 Å². The Labute approximate surface area is 113 Å². The Balaban J connectivity index is 1.79. The monoisotopic (exact) mass is 253 g/mol. The zero-order valence-electron chi connectivity index (χ0n) is 12.5. The average Bonchev–Trinajstić information content (AvgIpc) is 2.97. The van der Waals surface area contributed by atoms with Crippen LogP contribution >= 0.6 is 0 Å². The van der Waals surface area contributed by atoms with Crippen molar-refractivity contribution < 1.29 is 4.74 Å². The molecule has 1 saturated heterocycles. The molecule has 1 saturated carbocycles. The first-order valence-electron chi connectivity index (χ1n) is 8.10. The van der Waals surface area contributed by atoms with E-state index in [1.807, 2.05) is 0 Å². The Morgan fingerprint density at radius 3 is 2.56 bits per heavy atom. The largest absolute Gasteiger partial charge is 0.372 e. The molecule has 2 aliphatic rings. The predicted molar refractivity (Wildman–Crippen MR) is 76.8 cm³/mol. The quantitative estimate of drug-likeness (QED) is 0.775. The highest BCUT2D eigenvalue weighted by molar-refractivity contribution is 4.93. The molecule has 3 unspecified atom stereocenters. The van der Waals surface area contributed by atoms with E-state index in [0.29, 0.717) is 17.7 Å². The lowest BCUT2D eigenvalue weighted by Crippen LogP contribution is -2.36. The van der Waals surface area contributed by atoms with Gasteiger partial charge in [-0.1, -0.05) is 33.6 Å². The van der Waals surface area contributed by atoms with Crippen LogP contribution in [0.3, 0.4) is 0 Å². The molecule has 18 heavy (non-hydrogen) atoms. The van der Waals surface area contributed by atoms with Gasteiger partial charge in [-0.25, -0.2) is 0 Å². The molecule has 2 fully saturated rings. The van der Waals surface area contributed by atoms with E-state index in [4.69, 9.17) is 4.74 Å². The molecule has 3 atom stereocenters. The van der Waals surface area contributed by atoms with E-state index >= 15 is 0 Å². The van der Waals surface area contributed by atoms with Gasteiger partial charge in [-0.2, -0.15) is 0 Å². The van der Waals surface area contributed by atoms with Crippen LogP contribution in [0.15, 0.2) is 0 Å². The summed E-state index contributed by atoms with van der Waals surface area (Å²) in [6.07, 6.45) is 11.0. The third-order valence-corrected chi connectivity index (χ3v) is 5.08. The molecule has 1 heterocycles. The topological polar surface area (TPSA) is 21.3 Å². The normalized spacial score (nSPS) is 29.8. The first-order chi connectivity index (χ1) is 8.69. The molecule has 0 amide bonds. The van der Waals surface area contributed by atoms with E-state index in [0.717, 1.165) is 12.5 Å². The van der Waals surface area contributed by atoms with Crippen LogP contribution in [0.1, 0.15) is 72.1 Å². The molecule has 0 bridgehead atoms. The molecule has 1 aliphatic heterocycles. The fraction of sp³-hybridized carbons (Fsp3) is 1.00. The van der Waals surface area contributed by atoms with E-state index < -0.39 is 0 Å². The van der Waals surface area contributed by atoms with Crippen LogP contribution in [-0.4, -0.2) is 24.3 Å². The third-order valence-electron chi connectivity index (χ3n) is 5.08. The standard InChI is InChI=1S/C16H31NO/c1-4-15(17-5-2)13(3)12-14-8-11-16(18-14)9-6-7-10-16/h13-15,17H,4-12H2,1-3H3. The van der Waals surface area contributed by atoms with Gasteiger partial charge < -0.3 is 10.1 Å². The lowest BCUT2D eigenvalue weighted by Gasteiger charge is -2.28. The molecule has 0 aromatic carbocycles. The molecule has 2 nitrogen and oxygen atoms in total. The Kier molecular flexibility index (Phi) is 5.08. The highest BCUT2D eigenvalue weighted by atomic mass is 16.5. The fourth-order valence-corrected chi connectivity index (χ4v) is 4.04. The SMILES string of the molecule is CCNC(CC)C(C)CC1CCC2(CCCC2)O1. The van der Waals surface area contributed by atoms with Crippen molar-refractivity contribution in [3.05, 3.63) is 0 Å². The van der Waals surface area contributed by atoms with Crippen LogP contribution in [0.25, 0.3) is 0 Å². The smallest absolute Gasteiger partial charge is 0.0687 e. The summed E-state index contributed by atoms with van der Waals surface area (Å²) in [6.45, 7) is 7.96. The van der Waals surface area contributed by atoms with Crippen LogP contribution in [0, 0.1) is 5.92 Å². The van der Waals surface area contributed by atoms with Crippen LogP contribution in [0.5, 0.6) is 0 Å². The van der Waals surface area contributed by atoms with Gasteiger partial charge >= 0.3 is 0 Å². The molecule has 1 N–H and O–H groups in total. The number of nitrogens with one attached hydrogen (secondary N) is 1. The highest BCUT2D eigenvalue weighted by Crippen LogP contribution is 2.44. The molecular weight excluding hydrogens is 222 g/mol. The molecule has 2 heteroatoms. The minimum absolute atomic E-state index is 0.310. The van der Waals surface area contributed by atoms with Crippen molar-refractivity contribution in [1.82, 2.24) is 5.32 Å². The molecule has 2 rings (SSSR count). The van der Waals surface area contributed by atoms with Gasteiger partial charge in [0.1, 0.15) is 0 Å². The van der Waals surface area contributed by atoms with E-state index in [-0.39, 0.29) is 0 Å². The maximum absolute atomic E-state index is 6.43. The Morgan fingerprint density at radius 2 is 1.94 bits per heavy atom. The lowest BCUT2D eigenvalue weighted by molar-refractivity contribution is -0.0450. The second-order valence-corrected chi connectivity index (χ2v) is 6.45. The Hall–Kier alpha value is -0.0800. The van der Waals surface area contributed by atoms with Gasteiger partial charge in [0.25, 0.3) is 0 Å². The van der Waals surface area contributed by atoms with Gasteiger partial charge in [-0.05, 0) is 51.0 Å². The van der Waals surface area contributed by atoms with Gasteiger partial charge in [-0.3, -0.25) is 0 Å². The van der Waals surface area contributed by atoms with Crippen molar-refractivity contribution in [3.63, 3.8) is 0 Å². The van der Waals surface area contributed by atoms with Crippen LogP contribution in [0.4, 0.5) is 0 Å². The summed E-state index contributed by atoms with van der Waals surface area (Å²) in [7, 11) is 0. The van der Waals surface area contributed by atoms with Gasteiger partial charge in [-0.15, -0.1) is 0 Å². The van der Waals surface area contributed by atoms with Crippen molar-refractivity contribution in [3.8, 4) is 0 Å². The second kappa shape index (κ2) is 6.38. The average molecular weight is 253 g/mol. The lowest BCUT2D eigenvalue weighted by atomic mass is 9.92. The maximum atomic E-state index is 6.43. The van der Waals surface area contributed by atoms with Crippen molar-refractivity contribution in [1.29, 1.82) is 0 Å². The molecule has 1 aliphatic carbocycles. The summed E-state index contributed by atoms with van der Waals surface area (Å²) in [6, 6.07) is 0.665. The first kappa shape index (κ1) is 14.3. The molecule has 106 valence electrons. The second-order valence-electron chi connectivity index (χ2n) is 6.45. The summed E-state index contributed by atoms with van der Waals surface area (Å²) in [5, 5.41) is 3.61. The first-order valence-corrected chi connectivity index (χ1v) is 8.10. The summed E-state index contributed by atoms with van der Waals surface area (Å²) in [5.41, 5.74) is 0.310. The number of rotatable bonds is 6. The molecular formula is C16H31NO. The van der Waals surface area contributed by atoms with E-state index in [2.05, 4.69) is 26.1 Å². The molecule has 0 radical (unpaired) electrons. The van der Waals surface area contributed by atoms with Gasteiger partial charge in [0.2, 0.25) is 0 Å². The van der Waals surface area contributed by atoms with Crippen LogP contribution in [-0.2, 0) is 4.74 Å². The summed E-state index contributed by atoms with van der Waals surface area (Å²) >= 11 is 0. The van der Waals surface area contributed by atoms with E-state index in [9.17, 15) is 0 Å². The molecule has 1 spiro atoms. The summed E-state index contributed by atoms with van der Waals surface area (Å²) < 4.78 is 6.43. The highest BCUT2D eigenvalue weighted by Gasteiger charge is 2.42. The van der Waals surface area contributed by atoms with E-state index in [1.54, 1.807) is 0 Å². The number of hydrogen-bond donors (Lipinski definition) is 1. The van der Waals surface area contributed by atoms with Gasteiger partial charge in [0.15, 0.2) is 0 Å². The Bertz CT molecular complexity index is 247. The van der Waals surface area contributed by atoms with Crippen molar-refractivity contribution in [2.45, 2.75) is 89.9 Å². The summed E-state index contributed by atoms with van der Waals surface area (Å²) in [4.78, 5) is 0. The number of hydrogen-bond acceptors (Lipinski definition) is 2. The minimum atomic E-state index is 0.310. The van der Waals surface area contributed by atoms with Crippen LogP contribution < -0.4 is 5.32 Å². The summed E-state index contributed by atoms with van der Waals surface area (Å²) in [5.74, 6) is 0.733. The van der Waals surface area contributed by atoms with Crippen molar-refractivity contribution in [2.75, 3.05) is 6.54 Å². The number of ether oxygens (including phenoxy) is 1. The zero-order valence-corrected chi connectivity index (χ0v) is 12.5. The fourth-order valence-electron chi connectivity index (χ4n) is 4.04. The van der Waals surface area contributed by atoms with Crippen molar-refractivity contribution in [2.24, 2.45) is 5.92 Å². The zero-order chi connectivity index (χ0) is 13.0. The maximum Gasteiger partial charge on any atom is 0.0687 e. The van der Waals surface area contributed by atoms with Gasteiger partial charge in [0.05, 0.1) is 11.7 Å². The minimum Gasteiger partial charge on any atom is -0.372 e. The third kappa shape index (κ3) is 3.27. The van der Waals surface area contributed by atoms with Crippen molar-refractivity contribution >= 4 is 0 Å². The molecule has 0 aromatic heterocycles.